The maximum Gasteiger partial charge on any atom is 0.422 e. The first kappa shape index (κ1) is 21.9. The molecule has 2 heterocycles. The van der Waals surface area contributed by atoms with Gasteiger partial charge in [0.15, 0.2) is 5.58 Å². The third-order valence-electron chi connectivity index (χ3n) is 6.24. The van der Waals surface area contributed by atoms with Gasteiger partial charge in [0.1, 0.15) is 0 Å². The Balaban J connectivity index is 1.30. The van der Waals surface area contributed by atoms with Crippen LogP contribution in [0.15, 0.2) is 82.0 Å². The van der Waals surface area contributed by atoms with Crippen molar-refractivity contribution in [2.45, 2.75) is 12.8 Å². The van der Waals surface area contributed by atoms with Gasteiger partial charge < -0.3 is 19.5 Å². The number of benzene rings is 3. The normalized spacial score (nSPS) is 15.5. The van der Waals surface area contributed by atoms with Crippen molar-refractivity contribution in [2.75, 3.05) is 31.1 Å². The molecule has 1 fully saturated rings. The predicted molar refractivity (Wildman–Crippen MR) is 129 cm³/mol. The van der Waals surface area contributed by atoms with Crippen LogP contribution < -0.4 is 10.7 Å². The van der Waals surface area contributed by atoms with Crippen molar-refractivity contribution in [1.29, 1.82) is 0 Å². The second-order valence-corrected chi connectivity index (χ2v) is 8.40. The van der Waals surface area contributed by atoms with E-state index in [9.17, 15) is 14.7 Å². The van der Waals surface area contributed by atoms with Gasteiger partial charge in [-0.2, -0.15) is 0 Å². The molecule has 1 atom stereocenters. The lowest BCUT2D eigenvalue weighted by atomic mass is 10.0. The molecule has 4 aromatic rings. The molecular formula is C26H25N3O5. The molecule has 8 nitrogen and oxygen atoms in total. The van der Waals surface area contributed by atoms with Crippen molar-refractivity contribution in [2.24, 2.45) is 0 Å². The lowest BCUT2D eigenvalue weighted by molar-refractivity contribution is -0.151. The van der Waals surface area contributed by atoms with Crippen LogP contribution in [0.1, 0.15) is 11.8 Å². The topological polar surface area (TPSA) is 99.1 Å². The summed E-state index contributed by atoms with van der Waals surface area (Å²) < 4.78 is 6.12. The van der Waals surface area contributed by atoms with Gasteiger partial charge in [0.05, 0.1) is 11.2 Å². The molecule has 0 aliphatic carbocycles. The summed E-state index contributed by atoms with van der Waals surface area (Å²) in [6, 6.07) is 24.1. The number of aliphatic hydroxyl groups is 1. The molecule has 0 spiro atoms. The third-order valence-corrected chi connectivity index (χ3v) is 6.24. The lowest BCUT2D eigenvalue weighted by Gasteiger charge is -2.36. The van der Waals surface area contributed by atoms with E-state index in [1.165, 1.54) is 16.7 Å². The number of hydrogen-bond acceptors (Lipinski definition) is 6. The maximum absolute atomic E-state index is 12.3. The van der Waals surface area contributed by atoms with Crippen molar-refractivity contribution < 1.29 is 19.4 Å². The molecule has 0 bridgehead atoms. The fourth-order valence-electron chi connectivity index (χ4n) is 4.52. The minimum absolute atomic E-state index is 0.262. The summed E-state index contributed by atoms with van der Waals surface area (Å²) in [6.07, 6.45) is -1.99. The van der Waals surface area contributed by atoms with Gasteiger partial charge in [-0.15, -0.1) is 0 Å². The standard InChI is InChI=1S/C26H25N3O5/c30-24(25(31)32)29-22-11-5-10-21(23(22)34-26(29)33)28-14-12-27(13-15-28)17-18-6-4-9-20(16-18)19-7-2-1-3-8-19/h1-11,16,24,30H,12-15,17H2,(H,31,32). The molecule has 3 aromatic carbocycles. The predicted octanol–water partition coefficient (Wildman–Crippen LogP) is 3.16. The van der Waals surface area contributed by atoms with Crippen LogP contribution in [-0.4, -0.2) is 51.8 Å². The van der Waals surface area contributed by atoms with Gasteiger partial charge >= 0.3 is 11.7 Å². The summed E-state index contributed by atoms with van der Waals surface area (Å²) in [5, 5.41) is 19.0. The van der Waals surface area contributed by atoms with Gasteiger partial charge in [0.25, 0.3) is 0 Å². The number of piperazine rings is 1. The SMILES string of the molecule is O=C(O)C(O)n1c(=O)oc2c(N3CCN(Cc4cccc(-c5ccccc5)c4)CC3)cccc21. The third kappa shape index (κ3) is 4.21. The van der Waals surface area contributed by atoms with E-state index >= 15 is 0 Å². The van der Waals surface area contributed by atoms with Gasteiger partial charge in [0.2, 0.25) is 6.23 Å². The highest BCUT2D eigenvalue weighted by Crippen LogP contribution is 2.29. The van der Waals surface area contributed by atoms with Crippen LogP contribution in [0.25, 0.3) is 22.2 Å². The van der Waals surface area contributed by atoms with E-state index in [0.29, 0.717) is 0 Å². The zero-order valence-electron chi connectivity index (χ0n) is 18.5. The van der Waals surface area contributed by atoms with Crippen LogP contribution >= 0.6 is 0 Å². The Hall–Kier alpha value is -3.88. The van der Waals surface area contributed by atoms with E-state index in [1.54, 1.807) is 12.1 Å². The number of nitrogens with zero attached hydrogens (tertiary/aromatic N) is 3. The average molecular weight is 460 g/mol. The van der Waals surface area contributed by atoms with E-state index < -0.39 is 18.0 Å². The maximum atomic E-state index is 12.3. The molecule has 1 saturated heterocycles. The smallest absolute Gasteiger partial charge is 0.422 e. The quantitative estimate of drug-likeness (QED) is 0.457. The number of hydrogen-bond donors (Lipinski definition) is 2. The average Bonchev–Trinajstić information content (AvgIpc) is 3.20. The van der Waals surface area contributed by atoms with Crippen LogP contribution in [-0.2, 0) is 11.3 Å². The lowest BCUT2D eigenvalue weighted by Crippen LogP contribution is -2.46. The van der Waals surface area contributed by atoms with E-state index in [2.05, 4.69) is 46.2 Å². The van der Waals surface area contributed by atoms with Crippen LogP contribution in [0.2, 0.25) is 0 Å². The minimum atomic E-state index is -1.99. The van der Waals surface area contributed by atoms with Gasteiger partial charge in [-0.1, -0.05) is 54.6 Å². The number of carbonyl (C=O) groups is 1. The van der Waals surface area contributed by atoms with Gasteiger partial charge in [0, 0.05) is 32.7 Å². The van der Waals surface area contributed by atoms with Crippen molar-refractivity contribution in [3.05, 3.63) is 88.9 Å². The Morgan fingerprint density at radius 1 is 0.912 bits per heavy atom. The Morgan fingerprint density at radius 2 is 1.62 bits per heavy atom. The molecule has 1 aliphatic heterocycles. The molecule has 34 heavy (non-hydrogen) atoms. The number of oxazole rings is 1. The van der Waals surface area contributed by atoms with E-state index in [0.717, 1.165) is 43.0 Å². The van der Waals surface area contributed by atoms with Gasteiger partial charge in [-0.3, -0.25) is 4.90 Å². The first-order chi connectivity index (χ1) is 16.5. The number of aliphatic carboxylic acids is 1. The zero-order valence-corrected chi connectivity index (χ0v) is 18.5. The summed E-state index contributed by atoms with van der Waals surface area (Å²) in [5.74, 6) is -2.41. The monoisotopic (exact) mass is 459 g/mol. The van der Waals surface area contributed by atoms with Crippen LogP contribution in [0.4, 0.5) is 5.69 Å². The number of carboxylic acids is 1. The van der Waals surface area contributed by atoms with Crippen molar-refractivity contribution in [3.63, 3.8) is 0 Å². The van der Waals surface area contributed by atoms with Crippen LogP contribution in [0, 0.1) is 0 Å². The molecule has 0 saturated carbocycles. The Kier molecular flexibility index (Phi) is 5.91. The van der Waals surface area contributed by atoms with Crippen LogP contribution in [0.5, 0.6) is 0 Å². The number of aliphatic hydroxyl groups excluding tert-OH is 1. The van der Waals surface area contributed by atoms with E-state index in [1.807, 2.05) is 24.3 Å². The van der Waals surface area contributed by atoms with Crippen LogP contribution in [0.3, 0.4) is 0 Å². The Morgan fingerprint density at radius 3 is 2.35 bits per heavy atom. The molecule has 174 valence electrons. The fourth-order valence-corrected chi connectivity index (χ4v) is 4.52. The first-order valence-electron chi connectivity index (χ1n) is 11.2. The Labute approximate surface area is 195 Å². The highest BCUT2D eigenvalue weighted by molar-refractivity contribution is 5.88. The highest BCUT2D eigenvalue weighted by Gasteiger charge is 2.26. The van der Waals surface area contributed by atoms with Crippen molar-refractivity contribution in [3.8, 4) is 11.1 Å². The van der Waals surface area contributed by atoms with Crippen molar-refractivity contribution >= 4 is 22.8 Å². The molecule has 1 unspecified atom stereocenters. The molecule has 0 amide bonds. The molecule has 8 heteroatoms. The summed E-state index contributed by atoms with van der Waals surface area (Å²) in [5.41, 5.74) is 4.92. The van der Waals surface area contributed by atoms with Gasteiger partial charge in [-0.25, -0.2) is 14.2 Å². The van der Waals surface area contributed by atoms with E-state index in [4.69, 9.17) is 9.52 Å². The summed E-state index contributed by atoms with van der Waals surface area (Å²) in [6.45, 7) is 3.96. The Bertz CT molecular complexity index is 1370. The molecular weight excluding hydrogens is 434 g/mol. The highest BCUT2D eigenvalue weighted by atomic mass is 16.4. The molecule has 5 rings (SSSR count). The number of carboxylic acid groups (broad SMARTS) is 1. The second kappa shape index (κ2) is 9.17. The number of anilines is 1. The summed E-state index contributed by atoms with van der Waals surface area (Å²) in [4.78, 5) is 28.0. The first-order valence-corrected chi connectivity index (χ1v) is 11.2. The fraction of sp³-hybridized carbons (Fsp3) is 0.231. The molecule has 2 N–H and O–H groups in total. The van der Waals surface area contributed by atoms with E-state index in [-0.39, 0.29) is 11.1 Å². The minimum Gasteiger partial charge on any atom is -0.478 e. The molecule has 1 aromatic heterocycles. The number of aromatic nitrogens is 1. The second-order valence-electron chi connectivity index (χ2n) is 8.40. The number of para-hydroxylation sites is 1. The number of rotatable bonds is 6. The zero-order chi connectivity index (χ0) is 23.7. The van der Waals surface area contributed by atoms with Gasteiger partial charge in [-0.05, 0) is 34.9 Å². The molecule has 1 aliphatic rings. The molecule has 0 radical (unpaired) electrons. The number of fused-ring (bicyclic) bond motifs is 1. The van der Waals surface area contributed by atoms with Crippen molar-refractivity contribution in [1.82, 2.24) is 9.47 Å². The summed E-state index contributed by atoms with van der Waals surface area (Å²) >= 11 is 0. The summed E-state index contributed by atoms with van der Waals surface area (Å²) in [7, 11) is 0. The largest absolute Gasteiger partial charge is 0.478 e.